The maximum atomic E-state index is 11.0. The molecule has 0 bridgehead atoms. The van der Waals surface area contributed by atoms with Crippen molar-refractivity contribution in [2.75, 3.05) is 0 Å². The lowest BCUT2D eigenvalue weighted by Crippen LogP contribution is -2.10. The Kier molecular flexibility index (Phi) is 8.82. The predicted octanol–water partition coefficient (Wildman–Crippen LogP) is 2.76. The van der Waals surface area contributed by atoms with E-state index in [1.807, 2.05) is 6.92 Å². The fraction of sp³-hybridized carbons (Fsp3) is 0.818. The SMILES string of the molecule is CCCCCC(=O)OOC(=O)CCCC. The van der Waals surface area contributed by atoms with Gasteiger partial charge in [-0.3, -0.25) is 0 Å². The summed E-state index contributed by atoms with van der Waals surface area (Å²) >= 11 is 0. The summed E-state index contributed by atoms with van der Waals surface area (Å²) in [5, 5.41) is 0. The monoisotopic (exact) mass is 216 g/mol. The van der Waals surface area contributed by atoms with Gasteiger partial charge in [0.2, 0.25) is 0 Å². The van der Waals surface area contributed by atoms with Crippen LogP contribution in [-0.2, 0) is 19.4 Å². The summed E-state index contributed by atoms with van der Waals surface area (Å²) in [6.07, 6.45) is 5.10. The summed E-state index contributed by atoms with van der Waals surface area (Å²) < 4.78 is 0. The molecule has 0 unspecified atom stereocenters. The second-order valence-corrected chi connectivity index (χ2v) is 3.47. The Hall–Kier alpha value is -1.06. The van der Waals surface area contributed by atoms with Crippen LogP contribution in [0.1, 0.15) is 58.8 Å². The third kappa shape index (κ3) is 9.25. The quantitative estimate of drug-likeness (QED) is 0.373. The molecule has 0 N–H and O–H groups in total. The fourth-order valence-electron chi connectivity index (χ4n) is 1.02. The zero-order chi connectivity index (χ0) is 11.5. The first kappa shape index (κ1) is 13.9. The number of carbonyl (C=O) groups excluding carboxylic acids is 2. The fourth-order valence-corrected chi connectivity index (χ4v) is 1.02. The lowest BCUT2D eigenvalue weighted by molar-refractivity contribution is -0.259. The van der Waals surface area contributed by atoms with E-state index in [1.54, 1.807) is 0 Å². The van der Waals surface area contributed by atoms with Gasteiger partial charge in [0.15, 0.2) is 0 Å². The molecule has 15 heavy (non-hydrogen) atoms. The highest BCUT2D eigenvalue weighted by atomic mass is 17.2. The molecule has 88 valence electrons. The van der Waals surface area contributed by atoms with Crippen molar-refractivity contribution in [3.63, 3.8) is 0 Å². The number of hydrogen-bond donors (Lipinski definition) is 0. The first-order valence-electron chi connectivity index (χ1n) is 5.60. The van der Waals surface area contributed by atoms with Crippen LogP contribution < -0.4 is 0 Å². The smallest absolute Gasteiger partial charge is 0.247 e. The number of rotatable bonds is 7. The largest absolute Gasteiger partial charge is 0.355 e. The molecule has 0 radical (unpaired) electrons. The van der Waals surface area contributed by atoms with E-state index in [4.69, 9.17) is 0 Å². The van der Waals surface area contributed by atoms with Gasteiger partial charge in [0, 0.05) is 0 Å². The second kappa shape index (κ2) is 9.49. The molecule has 0 aromatic rings. The van der Waals surface area contributed by atoms with E-state index in [2.05, 4.69) is 16.7 Å². The molecular weight excluding hydrogens is 196 g/mol. The van der Waals surface area contributed by atoms with Crippen LogP contribution in [-0.4, -0.2) is 11.9 Å². The number of hydrogen-bond acceptors (Lipinski definition) is 4. The summed E-state index contributed by atoms with van der Waals surface area (Å²) in [7, 11) is 0. The first-order chi connectivity index (χ1) is 7.20. The zero-order valence-corrected chi connectivity index (χ0v) is 9.58. The van der Waals surface area contributed by atoms with Crippen molar-refractivity contribution in [3.8, 4) is 0 Å². The Balaban J connectivity index is 3.40. The minimum Gasteiger partial charge on any atom is -0.247 e. The Labute approximate surface area is 90.9 Å². The molecule has 0 saturated carbocycles. The summed E-state index contributed by atoms with van der Waals surface area (Å²) in [6.45, 7) is 4.03. The minimum absolute atomic E-state index is 0.304. The van der Waals surface area contributed by atoms with E-state index >= 15 is 0 Å². The van der Waals surface area contributed by atoms with Crippen LogP contribution in [0.4, 0.5) is 0 Å². The lowest BCUT2D eigenvalue weighted by Gasteiger charge is -2.02. The van der Waals surface area contributed by atoms with Gasteiger partial charge in [0.25, 0.3) is 0 Å². The van der Waals surface area contributed by atoms with Crippen LogP contribution in [0, 0.1) is 0 Å². The van der Waals surface area contributed by atoms with E-state index in [0.717, 1.165) is 32.1 Å². The first-order valence-corrected chi connectivity index (χ1v) is 5.60. The molecule has 0 atom stereocenters. The maximum absolute atomic E-state index is 11.0. The Morgan fingerprint density at radius 3 is 1.73 bits per heavy atom. The highest BCUT2D eigenvalue weighted by molar-refractivity contribution is 5.72. The molecule has 0 aromatic heterocycles. The Morgan fingerprint density at radius 2 is 1.27 bits per heavy atom. The van der Waals surface area contributed by atoms with Crippen molar-refractivity contribution < 1.29 is 19.4 Å². The van der Waals surface area contributed by atoms with E-state index in [9.17, 15) is 9.59 Å². The van der Waals surface area contributed by atoms with Crippen molar-refractivity contribution in [2.45, 2.75) is 58.8 Å². The Morgan fingerprint density at radius 1 is 0.800 bits per heavy atom. The molecular formula is C11H20O4. The third-order valence-electron chi connectivity index (χ3n) is 1.95. The van der Waals surface area contributed by atoms with Gasteiger partial charge in [-0.25, -0.2) is 19.4 Å². The summed E-state index contributed by atoms with van der Waals surface area (Å²) in [6, 6.07) is 0. The lowest BCUT2D eigenvalue weighted by atomic mass is 10.2. The van der Waals surface area contributed by atoms with Gasteiger partial charge in [-0.05, 0) is 12.8 Å². The van der Waals surface area contributed by atoms with Gasteiger partial charge in [-0.2, -0.15) is 0 Å². The molecule has 0 heterocycles. The van der Waals surface area contributed by atoms with E-state index in [-0.39, 0.29) is 0 Å². The predicted molar refractivity (Wildman–Crippen MR) is 55.9 cm³/mol. The van der Waals surface area contributed by atoms with Gasteiger partial charge in [0.1, 0.15) is 0 Å². The van der Waals surface area contributed by atoms with Crippen LogP contribution in [0.5, 0.6) is 0 Å². The normalized spacial score (nSPS) is 9.73. The van der Waals surface area contributed by atoms with Crippen molar-refractivity contribution >= 4 is 11.9 Å². The molecule has 0 spiro atoms. The van der Waals surface area contributed by atoms with Gasteiger partial charge >= 0.3 is 11.9 Å². The van der Waals surface area contributed by atoms with Crippen molar-refractivity contribution in [3.05, 3.63) is 0 Å². The average molecular weight is 216 g/mol. The molecule has 0 aliphatic carbocycles. The topological polar surface area (TPSA) is 52.6 Å². The highest BCUT2D eigenvalue weighted by Gasteiger charge is 2.08. The van der Waals surface area contributed by atoms with Crippen LogP contribution in [0.25, 0.3) is 0 Å². The molecule has 4 nitrogen and oxygen atoms in total. The minimum atomic E-state index is -0.472. The molecule has 4 heteroatoms. The molecule has 0 aliphatic heterocycles. The van der Waals surface area contributed by atoms with Crippen molar-refractivity contribution in [2.24, 2.45) is 0 Å². The third-order valence-corrected chi connectivity index (χ3v) is 1.95. The second-order valence-electron chi connectivity index (χ2n) is 3.47. The van der Waals surface area contributed by atoms with Crippen molar-refractivity contribution in [1.82, 2.24) is 0 Å². The highest BCUT2D eigenvalue weighted by Crippen LogP contribution is 2.02. The van der Waals surface area contributed by atoms with Crippen LogP contribution in [0.15, 0.2) is 0 Å². The molecule has 0 amide bonds. The number of carbonyl (C=O) groups is 2. The zero-order valence-electron chi connectivity index (χ0n) is 9.58. The average Bonchev–Trinajstić information content (AvgIpc) is 2.24. The van der Waals surface area contributed by atoms with Gasteiger partial charge in [0.05, 0.1) is 12.8 Å². The summed E-state index contributed by atoms with van der Waals surface area (Å²) in [5.74, 6) is -0.936. The van der Waals surface area contributed by atoms with E-state index in [0.29, 0.717) is 12.8 Å². The molecule has 0 aliphatic rings. The standard InChI is InChI=1S/C11H20O4/c1-3-5-7-9-11(13)15-14-10(12)8-6-4-2/h3-9H2,1-2H3. The van der Waals surface area contributed by atoms with Crippen molar-refractivity contribution in [1.29, 1.82) is 0 Å². The Bertz CT molecular complexity index is 189. The van der Waals surface area contributed by atoms with Crippen LogP contribution >= 0.6 is 0 Å². The summed E-state index contributed by atoms with van der Waals surface area (Å²) in [4.78, 5) is 30.6. The van der Waals surface area contributed by atoms with Gasteiger partial charge in [-0.15, -0.1) is 0 Å². The molecule has 0 saturated heterocycles. The van der Waals surface area contributed by atoms with E-state index < -0.39 is 11.9 Å². The number of unbranched alkanes of at least 4 members (excludes halogenated alkanes) is 3. The molecule has 0 rings (SSSR count). The van der Waals surface area contributed by atoms with E-state index in [1.165, 1.54) is 0 Å². The van der Waals surface area contributed by atoms with Crippen LogP contribution in [0.3, 0.4) is 0 Å². The maximum Gasteiger partial charge on any atom is 0.355 e. The van der Waals surface area contributed by atoms with Gasteiger partial charge < -0.3 is 0 Å². The molecule has 0 fully saturated rings. The summed E-state index contributed by atoms with van der Waals surface area (Å²) in [5.41, 5.74) is 0. The molecule has 0 aromatic carbocycles. The van der Waals surface area contributed by atoms with Crippen LogP contribution in [0.2, 0.25) is 0 Å². The van der Waals surface area contributed by atoms with Gasteiger partial charge in [-0.1, -0.05) is 33.1 Å².